The molecule has 0 saturated heterocycles. The van der Waals surface area contributed by atoms with Crippen molar-refractivity contribution < 1.29 is 15.0 Å². The Kier molecular flexibility index (Phi) is 2.27. The summed E-state index contributed by atoms with van der Waals surface area (Å²) in [5.74, 6) is -1.12. The molecule has 3 nitrogen and oxygen atoms in total. The zero-order valence-corrected chi connectivity index (χ0v) is 7.80. The van der Waals surface area contributed by atoms with Crippen molar-refractivity contribution in [3.63, 3.8) is 0 Å². The normalized spacial score (nSPS) is 18.1. The molecule has 0 aromatic heterocycles. The highest BCUT2D eigenvalue weighted by molar-refractivity contribution is 6.81. The van der Waals surface area contributed by atoms with Gasteiger partial charge in [-0.25, -0.2) is 4.79 Å². The van der Waals surface area contributed by atoms with Gasteiger partial charge in [0, 0.05) is 0 Å². The van der Waals surface area contributed by atoms with E-state index in [1.807, 2.05) is 19.6 Å². The van der Waals surface area contributed by atoms with Crippen LogP contribution in [0.2, 0.25) is 19.6 Å². The van der Waals surface area contributed by atoms with Crippen molar-refractivity contribution in [3.8, 4) is 0 Å². The number of carboxylic acid groups (broad SMARTS) is 1. The summed E-state index contributed by atoms with van der Waals surface area (Å²) in [6.45, 7) is 6.82. The van der Waals surface area contributed by atoms with Crippen molar-refractivity contribution in [3.05, 3.63) is 0 Å². The lowest BCUT2D eigenvalue weighted by Crippen LogP contribution is -2.55. The van der Waals surface area contributed by atoms with Gasteiger partial charge in [-0.05, 0) is 6.92 Å². The maximum atomic E-state index is 10.5. The predicted molar refractivity (Wildman–Crippen MR) is 41.6 cm³/mol. The summed E-state index contributed by atoms with van der Waals surface area (Å²) in [6.07, 6.45) is 0. The molecule has 0 aliphatic carbocycles. The number of hydrogen-bond donors (Lipinski definition) is 2. The summed E-state index contributed by atoms with van der Waals surface area (Å²) in [7, 11) is -1.99. The van der Waals surface area contributed by atoms with Gasteiger partial charge in [-0.1, -0.05) is 19.6 Å². The summed E-state index contributed by atoms with van der Waals surface area (Å²) >= 11 is 0. The fraction of sp³-hybridized carbons (Fsp3) is 0.833. The molecule has 0 saturated carbocycles. The van der Waals surface area contributed by atoms with Crippen molar-refractivity contribution in [2.75, 3.05) is 0 Å². The summed E-state index contributed by atoms with van der Waals surface area (Å²) in [6, 6.07) is 0. The molecule has 0 aromatic carbocycles. The lowest BCUT2D eigenvalue weighted by atomic mass is 10.4. The molecule has 10 heavy (non-hydrogen) atoms. The predicted octanol–water partition coefficient (Wildman–Crippen LogP) is 0.699. The van der Waals surface area contributed by atoms with Gasteiger partial charge in [0.25, 0.3) is 0 Å². The molecule has 0 aliphatic rings. The van der Waals surface area contributed by atoms with Crippen LogP contribution in [0.1, 0.15) is 6.92 Å². The maximum absolute atomic E-state index is 10.5. The molecular weight excluding hydrogens is 148 g/mol. The largest absolute Gasteiger partial charge is 0.479 e. The lowest BCUT2D eigenvalue weighted by molar-refractivity contribution is -0.149. The van der Waals surface area contributed by atoms with Crippen LogP contribution in [0.5, 0.6) is 0 Å². The molecule has 2 N–H and O–H groups in total. The number of rotatable bonds is 2. The fourth-order valence-electron chi connectivity index (χ4n) is 0.321. The van der Waals surface area contributed by atoms with E-state index < -0.39 is 19.3 Å². The minimum Gasteiger partial charge on any atom is -0.479 e. The Labute approximate surface area is 61.7 Å². The van der Waals surface area contributed by atoms with Crippen molar-refractivity contribution in [2.24, 2.45) is 0 Å². The number of carboxylic acids is 1. The summed E-state index contributed by atoms with van der Waals surface area (Å²) in [4.78, 5) is 10.5. The SMILES string of the molecule is C[C@](O)(C(=O)O)[Si](C)(C)C. The molecule has 0 aromatic rings. The quantitative estimate of drug-likeness (QED) is 0.588. The second kappa shape index (κ2) is 2.36. The molecule has 0 amide bonds. The second-order valence-corrected chi connectivity index (χ2v) is 9.10. The van der Waals surface area contributed by atoms with Crippen LogP contribution < -0.4 is 0 Å². The van der Waals surface area contributed by atoms with E-state index in [-0.39, 0.29) is 0 Å². The number of hydrogen-bond acceptors (Lipinski definition) is 2. The Bertz CT molecular complexity index is 146. The van der Waals surface area contributed by atoms with Gasteiger partial charge in [0.1, 0.15) is 5.22 Å². The van der Waals surface area contributed by atoms with E-state index in [0.29, 0.717) is 0 Å². The van der Waals surface area contributed by atoms with Gasteiger partial charge in [-0.15, -0.1) is 0 Å². The molecule has 0 aliphatic heterocycles. The third-order valence-corrected chi connectivity index (χ3v) is 5.01. The van der Waals surface area contributed by atoms with Crippen LogP contribution in [0.15, 0.2) is 0 Å². The van der Waals surface area contributed by atoms with Crippen LogP contribution in [0.3, 0.4) is 0 Å². The van der Waals surface area contributed by atoms with Crippen molar-refractivity contribution in [1.82, 2.24) is 0 Å². The first-order chi connectivity index (χ1) is 4.19. The highest BCUT2D eigenvalue weighted by atomic mass is 28.3. The minimum absolute atomic E-state index is 1.12. The number of carbonyl (C=O) groups is 1. The van der Waals surface area contributed by atoms with Gasteiger partial charge in [-0.3, -0.25) is 0 Å². The zero-order valence-electron chi connectivity index (χ0n) is 6.80. The Morgan fingerprint density at radius 2 is 1.70 bits per heavy atom. The van der Waals surface area contributed by atoms with E-state index >= 15 is 0 Å². The average molecular weight is 162 g/mol. The molecule has 0 spiro atoms. The molecular formula is C6H14O3Si. The second-order valence-electron chi connectivity index (χ2n) is 3.63. The van der Waals surface area contributed by atoms with Gasteiger partial charge >= 0.3 is 5.97 Å². The highest BCUT2D eigenvalue weighted by Gasteiger charge is 2.43. The highest BCUT2D eigenvalue weighted by Crippen LogP contribution is 2.19. The maximum Gasteiger partial charge on any atom is 0.331 e. The van der Waals surface area contributed by atoms with Crippen LogP contribution in [-0.4, -0.2) is 29.5 Å². The first-order valence-corrected chi connectivity index (χ1v) is 6.65. The number of aliphatic hydroxyl groups is 1. The minimum atomic E-state index is -1.99. The summed E-state index contributed by atoms with van der Waals surface area (Å²) < 4.78 is 0. The van der Waals surface area contributed by atoms with E-state index in [2.05, 4.69) is 0 Å². The van der Waals surface area contributed by atoms with E-state index in [9.17, 15) is 9.90 Å². The van der Waals surface area contributed by atoms with Crippen molar-refractivity contribution in [2.45, 2.75) is 31.8 Å². The van der Waals surface area contributed by atoms with E-state index in [1.165, 1.54) is 6.92 Å². The van der Waals surface area contributed by atoms with Gasteiger partial charge in [0.05, 0.1) is 8.07 Å². The Morgan fingerprint density at radius 3 is 1.70 bits per heavy atom. The van der Waals surface area contributed by atoms with Crippen molar-refractivity contribution in [1.29, 1.82) is 0 Å². The van der Waals surface area contributed by atoms with E-state index in [4.69, 9.17) is 5.11 Å². The molecule has 0 unspecified atom stereocenters. The summed E-state index contributed by atoms with van der Waals surface area (Å²) in [5, 5.41) is 16.4. The first-order valence-electron chi connectivity index (χ1n) is 3.15. The summed E-state index contributed by atoms with van der Waals surface area (Å²) in [5.41, 5.74) is 0. The molecule has 4 heteroatoms. The van der Waals surface area contributed by atoms with Crippen LogP contribution in [-0.2, 0) is 4.79 Å². The molecule has 0 rings (SSSR count). The molecule has 0 heterocycles. The van der Waals surface area contributed by atoms with Crippen LogP contribution in [0.4, 0.5) is 0 Å². The third-order valence-electron chi connectivity index (χ3n) is 1.88. The molecule has 1 atom stereocenters. The van der Waals surface area contributed by atoms with Gasteiger partial charge in [0.2, 0.25) is 0 Å². The third kappa shape index (κ3) is 1.57. The molecule has 0 bridgehead atoms. The smallest absolute Gasteiger partial charge is 0.331 e. The number of aliphatic carboxylic acids is 1. The zero-order chi connectivity index (χ0) is 8.58. The van der Waals surface area contributed by atoms with E-state index in [0.717, 1.165) is 0 Å². The Hall–Kier alpha value is -0.353. The monoisotopic (exact) mass is 162 g/mol. The van der Waals surface area contributed by atoms with Crippen LogP contribution >= 0.6 is 0 Å². The van der Waals surface area contributed by atoms with Gasteiger partial charge in [-0.2, -0.15) is 0 Å². The average Bonchev–Trinajstić information content (AvgIpc) is 1.62. The van der Waals surface area contributed by atoms with Crippen LogP contribution in [0.25, 0.3) is 0 Å². The lowest BCUT2D eigenvalue weighted by Gasteiger charge is -2.30. The fourth-order valence-corrected chi connectivity index (χ4v) is 0.962. The Morgan fingerprint density at radius 1 is 1.40 bits per heavy atom. The Balaban J connectivity index is 4.57. The van der Waals surface area contributed by atoms with Crippen molar-refractivity contribution >= 4 is 14.0 Å². The first kappa shape index (κ1) is 9.65. The van der Waals surface area contributed by atoms with Gasteiger partial charge < -0.3 is 10.2 Å². The molecule has 0 fully saturated rings. The molecule has 0 radical (unpaired) electrons. The standard InChI is InChI=1S/C6H14O3Si/c1-6(9,5(7)8)10(2,3)4/h9H,1-4H3,(H,7,8)/t6-/m1/s1. The topological polar surface area (TPSA) is 57.5 Å². The van der Waals surface area contributed by atoms with Crippen LogP contribution in [0, 0.1) is 0 Å². The van der Waals surface area contributed by atoms with E-state index in [1.54, 1.807) is 0 Å². The van der Waals surface area contributed by atoms with Gasteiger partial charge in [0.15, 0.2) is 0 Å². The molecule has 60 valence electrons.